The molecular formula is C18H17BrFNO3. The number of halogens is 2. The van der Waals surface area contributed by atoms with Gasteiger partial charge in [0.1, 0.15) is 22.9 Å². The molecule has 0 fully saturated rings. The first kappa shape index (κ1) is 16.8. The van der Waals surface area contributed by atoms with Crippen molar-refractivity contribution < 1.29 is 18.7 Å². The van der Waals surface area contributed by atoms with Crippen molar-refractivity contribution in [1.29, 1.82) is 0 Å². The molecule has 126 valence electrons. The van der Waals surface area contributed by atoms with E-state index in [1.807, 2.05) is 0 Å². The number of fused-ring (bicyclic) bond motifs is 2. The van der Waals surface area contributed by atoms with Gasteiger partial charge in [0.25, 0.3) is 0 Å². The minimum atomic E-state index is -0.574. The number of anilines is 1. The predicted molar refractivity (Wildman–Crippen MR) is 93.3 cm³/mol. The maximum atomic E-state index is 14.1. The Hall–Kier alpha value is -2.08. The van der Waals surface area contributed by atoms with Crippen molar-refractivity contribution in [2.75, 3.05) is 5.32 Å². The molecule has 0 bridgehead atoms. The SMILES string of the molecule is CC(C)(C)OC(=O)Nc1ccc2c(c1)Cc1c(F)ccc(Br)c1O2. The van der Waals surface area contributed by atoms with Crippen molar-refractivity contribution in [2.45, 2.75) is 32.8 Å². The van der Waals surface area contributed by atoms with Gasteiger partial charge < -0.3 is 9.47 Å². The van der Waals surface area contributed by atoms with Gasteiger partial charge in [-0.25, -0.2) is 9.18 Å². The number of carbonyl (C=O) groups is 1. The monoisotopic (exact) mass is 393 g/mol. The molecule has 24 heavy (non-hydrogen) atoms. The van der Waals surface area contributed by atoms with Gasteiger partial charge in [-0.15, -0.1) is 0 Å². The zero-order chi connectivity index (χ0) is 17.5. The Morgan fingerprint density at radius 1 is 1.29 bits per heavy atom. The van der Waals surface area contributed by atoms with Gasteiger partial charge in [0, 0.05) is 23.2 Å². The van der Waals surface area contributed by atoms with Gasteiger partial charge in [0.05, 0.1) is 4.47 Å². The van der Waals surface area contributed by atoms with Crippen LogP contribution >= 0.6 is 15.9 Å². The van der Waals surface area contributed by atoms with Crippen molar-refractivity contribution >= 4 is 27.7 Å². The number of rotatable bonds is 1. The van der Waals surface area contributed by atoms with Gasteiger partial charge in [0.15, 0.2) is 0 Å². The maximum absolute atomic E-state index is 14.1. The molecule has 1 aliphatic heterocycles. The molecule has 0 aliphatic carbocycles. The minimum Gasteiger partial charge on any atom is -0.455 e. The predicted octanol–water partition coefficient (Wildman–Crippen LogP) is 5.63. The molecule has 0 spiro atoms. The molecule has 1 heterocycles. The van der Waals surface area contributed by atoms with Crippen LogP contribution in [0.3, 0.4) is 0 Å². The highest BCUT2D eigenvalue weighted by molar-refractivity contribution is 9.10. The summed E-state index contributed by atoms with van der Waals surface area (Å²) in [5, 5.41) is 2.68. The average molecular weight is 394 g/mol. The van der Waals surface area contributed by atoms with Gasteiger partial charge in [-0.1, -0.05) is 0 Å². The van der Waals surface area contributed by atoms with Crippen LogP contribution in [-0.4, -0.2) is 11.7 Å². The molecule has 0 atom stereocenters. The van der Waals surface area contributed by atoms with Crippen LogP contribution in [0, 0.1) is 5.82 Å². The quantitative estimate of drug-likeness (QED) is 0.582. The first-order valence-corrected chi connectivity index (χ1v) is 8.30. The van der Waals surface area contributed by atoms with E-state index in [1.54, 1.807) is 45.0 Å². The van der Waals surface area contributed by atoms with Crippen molar-refractivity contribution in [2.24, 2.45) is 0 Å². The summed E-state index contributed by atoms with van der Waals surface area (Å²) in [6.45, 7) is 5.39. The Bertz CT molecular complexity index is 815. The van der Waals surface area contributed by atoms with Crippen LogP contribution in [-0.2, 0) is 11.2 Å². The summed E-state index contributed by atoms with van der Waals surface area (Å²) in [7, 11) is 0. The Labute approximate surface area is 148 Å². The van der Waals surface area contributed by atoms with Gasteiger partial charge in [-0.05, 0) is 67.0 Å². The van der Waals surface area contributed by atoms with Gasteiger partial charge in [-0.3, -0.25) is 5.32 Å². The molecule has 2 aromatic carbocycles. The second kappa shape index (κ2) is 6.09. The highest BCUT2D eigenvalue weighted by atomic mass is 79.9. The molecule has 1 N–H and O–H groups in total. The average Bonchev–Trinajstić information content (AvgIpc) is 2.48. The van der Waals surface area contributed by atoms with E-state index in [1.165, 1.54) is 6.07 Å². The highest BCUT2D eigenvalue weighted by Crippen LogP contribution is 2.42. The third-order valence-electron chi connectivity index (χ3n) is 3.44. The van der Waals surface area contributed by atoms with Gasteiger partial charge in [0.2, 0.25) is 0 Å². The molecule has 3 rings (SSSR count). The summed E-state index contributed by atoms with van der Waals surface area (Å²) < 4.78 is 25.8. The van der Waals surface area contributed by atoms with Crippen LogP contribution in [0.4, 0.5) is 14.9 Å². The first-order valence-electron chi connectivity index (χ1n) is 7.50. The second-order valence-corrected chi connectivity index (χ2v) is 7.42. The van der Waals surface area contributed by atoms with E-state index in [0.717, 1.165) is 5.56 Å². The summed E-state index contributed by atoms with van der Waals surface area (Å²) in [6, 6.07) is 8.27. The van der Waals surface area contributed by atoms with E-state index in [-0.39, 0.29) is 5.82 Å². The molecule has 1 aliphatic rings. The zero-order valence-electron chi connectivity index (χ0n) is 13.6. The van der Waals surface area contributed by atoms with Crippen molar-refractivity contribution in [3.8, 4) is 11.5 Å². The van der Waals surface area contributed by atoms with Crippen LogP contribution in [0.5, 0.6) is 11.5 Å². The molecule has 0 radical (unpaired) electrons. The van der Waals surface area contributed by atoms with Gasteiger partial charge in [-0.2, -0.15) is 0 Å². The van der Waals surface area contributed by atoms with Gasteiger partial charge >= 0.3 is 6.09 Å². The summed E-state index contributed by atoms with van der Waals surface area (Å²) >= 11 is 3.38. The lowest BCUT2D eigenvalue weighted by Gasteiger charge is -2.23. The third-order valence-corrected chi connectivity index (χ3v) is 4.06. The largest absolute Gasteiger partial charge is 0.455 e. The van der Waals surface area contributed by atoms with E-state index in [0.29, 0.717) is 33.6 Å². The Balaban J connectivity index is 1.84. The summed E-state index contributed by atoms with van der Waals surface area (Å²) in [4.78, 5) is 11.9. The van der Waals surface area contributed by atoms with E-state index < -0.39 is 11.7 Å². The molecule has 0 aromatic heterocycles. The zero-order valence-corrected chi connectivity index (χ0v) is 15.2. The number of benzene rings is 2. The number of hydrogen-bond acceptors (Lipinski definition) is 3. The molecule has 0 saturated carbocycles. The number of nitrogens with one attached hydrogen (secondary N) is 1. The summed E-state index contributed by atoms with van der Waals surface area (Å²) in [5.74, 6) is 0.822. The maximum Gasteiger partial charge on any atom is 0.412 e. The van der Waals surface area contributed by atoms with Crippen LogP contribution in [0.25, 0.3) is 0 Å². The lowest BCUT2D eigenvalue weighted by molar-refractivity contribution is 0.0636. The Morgan fingerprint density at radius 2 is 2.04 bits per heavy atom. The van der Waals surface area contributed by atoms with E-state index >= 15 is 0 Å². The van der Waals surface area contributed by atoms with E-state index in [4.69, 9.17) is 9.47 Å². The Kier molecular flexibility index (Phi) is 4.25. The summed E-state index contributed by atoms with van der Waals surface area (Å²) in [5.41, 5.74) is 1.29. The second-order valence-electron chi connectivity index (χ2n) is 6.57. The van der Waals surface area contributed by atoms with Crippen LogP contribution < -0.4 is 10.1 Å². The lowest BCUT2D eigenvalue weighted by Crippen LogP contribution is -2.27. The molecule has 4 nitrogen and oxygen atoms in total. The molecule has 0 saturated heterocycles. The fraction of sp³-hybridized carbons (Fsp3) is 0.278. The standard InChI is InChI=1S/C18H17BrFNO3/c1-18(2,3)24-17(22)21-11-4-7-15-10(8-11)9-12-14(20)6-5-13(19)16(12)23-15/h4-8H,9H2,1-3H3,(H,21,22). The highest BCUT2D eigenvalue weighted by Gasteiger charge is 2.23. The van der Waals surface area contributed by atoms with Crippen LogP contribution in [0.2, 0.25) is 0 Å². The van der Waals surface area contributed by atoms with E-state index in [2.05, 4.69) is 21.2 Å². The normalized spacial score (nSPS) is 12.7. The fourth-order valence-corrected chi connectivity index (χ4v) is 2.92. The van der Waals surface area contributed by atoms with E-state index in [9.17, 15) is 9.18 Å². The minimum absolute atomic E-state index is 0.315. The Morgan fingerprint density at radius 3 is 2.75 bits per heavy atom. The molecular weight excluding hydrogens is 377 g/mol. The van der Waals surface area contributed by atoms with Crippen LogP contribution in [0.1, 0.15) is 31.9 Å². The smallest absolute Gasteiger partial charge is 0.412 e. The fourth-order valence-electron chi connectivity index (χ4n) is 2.47. The number of ether oxygens (including phenoxy) is 2. The lowest BCUT2D eigenvalue weighted by atomic mass is 9.99. The molecule has 2 aromatic rings. The van der Waals surface area contributed by atoms with Crippen molar-refractivity contribution in [3.63, 3.8) is 0 Å². The van der Waals surface area contributed by atoms with Crippen LogP contribution in [0.15, 0.2) is 34.8 Å². The topological polar surface area (TPSA) is 47.6 Å². The molecule has 1 amide bonds. The number of carbonyl (C=O) groups excluding carboxylic acids is 1. The van der Waals surface area contributed by atoms with Crippen molar-refractivity contribution in [3.05, 3.63) is 51.7 Å². The number of hydrogen-bond donors (Lipinski definition) is 1. The first-order chi connectivity index (χ1) is 11.2. The summed E-state index contributed by atoms with van der Waals surface area (Å²) in [6.07, 6.45) is -0.145. The molecule has 0 unspecified atom stereocenters. The van der Waals surface area contributed by atoms with Crippen molar-refractivity contribution in [1.82, 2.24) is 0 Å². The third kappa shape index (κ3) is 3.53. The molecule has 6 heteroatoms. The number of amides is 1.